The zero-order valence-corrected chi connectivity index (χ0v) is 17.4. The Bertz CT molecular complexity index is 635. The van der Waals surface area contributed by atoms with Crippen LogP contribution in [0.1, 0.15) is 76.1 Å². The molecule has 1 aromatic rings. The summed E-state index contributed by atoms with van der Waals surface area (Å²) in [6.07, 6.45) is 10.5. The van der Waals surface area contributed by atoms with Gasteiger partial charge in [0.1, 0.15) is 0 Å². The van der Waals surface area contributed by atoms with Crippen LogP contribution < -0.4 is 10.2 Å². The Labute approximate surface area is 163 Å². The summed E-state index contributed by atoms with van der Waals surface area (Å²) in [6, 6.07) is 1.23. The van der Waals surface area contributed by atoms with E-state index in [1.54, 1.807) is 6.92 Å². The Hall–Kier alpha value is -1.69. The van der Waals surface area contributed by atoms with Gasteiger partial charge in [-0.1, -0.05) is 19.3 Å². The van der Waals surface area contributed by atoms with Gasteiger partial charge in [-0.25, -0.2) is 9.97 Å². The first-order chi connectivity index (χ1) is 13.0. The number of carbonyl (C=O) groups is 1. The van der Waals surface area contributed by atoms with Crippen molar-refractivity contribution >= 4 is 11.9 Å². The van der Waals surface area contributed by atoms with Crippen molar-refractivity contribution in [3.63, 3.8) is 0 Å². The Morgan fingerprint density at radius 1 is 1.22 bits per heavy atom. The first kappa shape index (κ1) is 20.1. The highest BCUT2D eigenvalue weighted by Gasteiger charge is 2.24. The lowest BCUT2D eigenvalue weighted by Gasteiger charge is -2.34. The van der Waals surface area contributed by atoms with Crippen LogP contribution in [0.5, 0.6) is 0 Å². The van der Waals surface area contributed by atoms with Crippen LogP contribution in [0.3, 0.4) is 0 Å². The van der Waals surface area contributed by atoms with Crippen molar-refractivity contribution in [2.45, 2.75) is 83.8 Å². The van der Waals surface area contributed by atoms with Crippen LogP contribution >= 0.6 is 0 Å². The van der Waals surface area contributed by atoms with E-state index < -0.39 is 0 Å². The SMILES string of the molecule is CC(=O)N1CCC(N[C@@H](C)c2cnc(N(C)C3CCCCC3)nc2C)CC1. The van der Waals surface area contributed by atoms with E-state index in [1.807, 2.05) is 11.1 Å². The third-order valence-corrected chi connectivity index (χ3v) is 6.33. The summed E-state index contributed by atoms with van der Waals surface area (Å²) in [5.74, 6) is 1.04. The van der Waals surface area contributed by atoms with E-state index in [9.17, 15) is 4.79 Å². The molecule has 0 bridgehead atoms. The number of hydrogen-bond acceptors (Lipinski definition) is 5. The largest absolute Gasteiger partial charge is 0.343 e. The second-order valence-corrected chi connectivity index (χ2v) is 8.28. The molecule has 1 N–H and O–H groups in total. The highest BCUT2D eigenvalue weighted by Crippen LogP contribution is 2.26. The molecule has 1 aliphatic heterocycles. The number of carbonyl (C=O) groups excluding carboxylic acids is 1. The molecule has 6 heteroatoms. The maximum atomic E-state index is 11.5. The van der Waals surface area contributed by atoms with Crippen LogP contribution in [0.4, 0.5) is 5.95 Å². The van der Waals surface area contributed by atoms with Crippen molar-refractivity contribution in [3.05, 3.63) is 17.5 Å². The third kappa shape index (κ3) is 4.98. The summed E-state index contributed by atoms with van der Waals surface area (Å²) in [4.78, 5) is 25.2. The molecule has 1 atom stereocenters. The molecule has 2 heterocycles. The zero-order valence-electron chi connectivity index (χ0n) is 17.4. The molecule has 0 unspecified atom stereocenters. The number of likely N-dealkylation sites (tertiary alicyclic amines) is 1. The van der Waals surface area contributed by atoms with E-state index in [0.29, 0.717) is 12.1 Å². The molecule has 2 aliphatic rings. The van der Waals surface area contributed by atoms with Gasteiger partial charge < -0.3 is 15.1 Å². The molecule has 0 spiro atoms. The Morgan fingerprint density at radius 3 is 2.48 bits per heavy atom. The maximum absolute atomic E-state index is 11.5. The monoisotopic (exact) mass is 373 g/mol. The normalized spacial score (nSPS) is 20.5. The number of amides is 1. The fourth-order valence-electron chi connectivity index (χ4n) is 4.50. The predicted molar refractivity (Wildman–Crippen MR) is 109 cm³/mol. The number of anilines is 1. The molecule has 0 radical (unpaired) electrons. The minimum atomic E-state index is 0.184. The number of aromatic nitrogens is 2. The fraction of sp³-hybridized carbons (Fsp3) is 0.762. The summed E-state index contributed by atoms with van der Waals surface area (Å²) in [5, 5.41) is 3.72. The second-order valence-electron chi connectivity index (χ2n) is 8.28. The van der Waals surface area contributed by atoms with Crippen molar-refractivity contribution in [2.24, 2.45) is 0 Å². The molecular formula is C21H35N5O. The van der Waals surface area contributed by atoms with Crippen LogP contribution in [-0.4, -0.2) is 53.0 Å². The topological polar surface area (TPSA) is 61.4 Å². The average Bonchev–Trinajstić information content (AvgIpc) is 2.68. The van der Waals surface area contributed by atoms with Gasteiger partial charge in [0.25, 0.3) is 0 Å². The molecular weight excluding hydrogens is 338 g/mol. The molecule has 1 amide bonds. The number of nitrogens with zero attached hydrogens (tertiary/aromatic N) is 4. The van der Waals surface area contributed by atoms with Crippen molar-refractivity contribution in [3.8, 4) is 0 Å². The first-order valence-corrected chi connectivity index (χ1v) is 10.5. The van der Waals surface area contributed by atoms with Crippen molar-refractivity contribution < 1.29 is 4.79 Å². The minimum Gasteiger partial charge on any atom is -0.343 e. The lowest BCUT2D eigenvalue weighted by Crippen LogP contribution is -2.44. The molecule has 150 valence electrons. The van der Waals surface area contributed by atoms with E-state index in [1.165, 1.54) is 37.7 Å². The second kappa shape index (κ2) is 9.00. The molecule has 6 nitrogen and oxygen atoms in total. The van der Waals surface area contributed by atoms with E-state index in [-0.39, 0.29) is 11.9 Å². The fourth-order valence-corrected chi connectivity index (χ4v) is 4.50. The summed E-state index contributed by atoms with van der Waals surface area (Å²) in [5.41, 5.74) is 2.23. The Kier molecular flexibility index (Phi) is 6.68. The van der Waals surface area contributed by atoms with E-state index in [4.69, 9.17) is 4.98 Å². The van der Waals surface area contributed by atoms with Gasteiger partial charge >= 0.3 is 0 Å². The highest BCUT2D eigenvalue weighted by atomic mass is 16.2. The van der Waals surface area contributed by atoms with Crippen molar-refractivity contribution in [1.82, 2.24) is 20.2 Å². The van der Waals surface area contributed by atoms with Gasteiger partial charge in [0, 0.05) is 62.6 Å². The number of rotatable bonds is 5. The van der Waals surface area contributed by atoms with Gasteiger partial charge in [-0.3, -0.25) is 4.79 Å². The minimum absolute atomic E-state index is 0.184. The standard InChI is InChI=1S/C21H35N5O/c1-15(23-18-10-12-26(13-11-18)17(3)27)20-14-22-21(24-16(20)2)25(4)19-8-6-5-7-9-19/h14-15,18-19,23H,5-13H2,1-4H3/t15-/m0/s1. The average molecular weight is 374 g/mol. The lowest BCUT2D eigenvalue weighted by atomic mass is 9.95. The maximum Gasteiger partial charge on any atom is 0.225 e. The van der Waals surface area contributed by atoms with Crippen LogP contribution in [0.25, 0.3) is 0 Å². The molecule has 1 saturated heterocycles. The smallest absolute Gasteiger partial charge is 0.225 e. The van der Waals surface area contributed by atoms with Gasteiger partial charge in [-0.2, -0.15) is 0 Å². The van der Waals surface area contributed by atoms with Crippen molar-refractivity contribution in [2.75, 3.05) is 25.0 Å². The number of aryl methyl sites for hydroxylation is 1. The molecule has 0 aromatic carbocycles. The van der Waals surface area contributed by atoms with Crippen molar-refractivity contribution in [1.29, 1.82) is 0 Å². The predicted octanol–water partition coefficient (Wildman–Crippen LogP) is 3.22. The van der Waals surface area contributed by atoms with E-state index in [0.717, 1.165) is 37.6 Å². The van der Waals surface area contributed by atoms with Gasteiger partial charge in [-0.15, -0.1) is 0 Å². The number of hydrogen-bond donors (Lipinski definition) is 1. The van der Waals surface area contributed by atoms with Crippen LogP contribution in [0.15, 0.2) is 6.20 Å². The molecule has 1 aromatic heterocycles. The molecule has 27 heavy (non-hydrogen) atoms. The van der Waals surface area contributed by atoms with Crippen LogP contribution in [0, 0.1) is 6.92 Å². The molecule has 1 aliphatic carbocycles. The Balaban J connectivity index is 1.59. The van der Waals surface area contributed by atoms with E-state index in [2.05, 4.69) is 36.1 Å². The summed E-state index contributed by atoms with van der Waals surface area (Å²) >= 11 is 0. The summed E-state index contributed by atoms with van der Waals surface area (Å²) in [7, 11) is 2.13. The summed E-state index contributed by atoms with van der Waals surface area (Å²) < 4.78 is 0. The Morgan fingerprint density at radius 2 is 1.89 bits per heavy atom. The highest BCUT2D eigenvalue weighted by molar-refractivity contribution is 5.73. The van der Waals surface area contributed by atoms with Crippen LogP contribution in [0.2, 0.25) is 0 Å². The molecule has 1 saturated carbocycles. The summed E-state index contributed by atoms with van der Waals surface area (Å²) in [6.45, 7) is 7.63. The number of nitrogens with one attached hydrogen (secondary N) is 1. The number of piperidine rings is 1. The molecule has 2 fully saturated rings. The zero-order chi connectivity index (χ0) is 19.4. The van der Waals surface area contributed by atoms with Gasteiger partial charge in [0.15, 0.2) is 0 Å². The van der Waals surface area contributed by atoms with Gasteiger partial charge in [-0.05, 0) is 39.5 Å². The third-order valence-electron chi connectivity index (χ3n) is 6.33. The first-order valence-electron chi connectivity index (χ1n) is 10.5. The quantitative estimate of drug-likeness (QED) is 0.859. The lowest BCUT2D eigenvalue weighted by molar-refractivity contribution is -0.129. The van der Waals surface area contributed by atoms with Crippen LogP contribution in [-0.2, 0) is 4.79 Å². The van der Waals surface area contributed by atoms with Gasteiger partial charge in [0.05, 0.1) is 0 Å². The van der Waals surface area contributed by atoms with Gasteiger partial charge in [0.2, 0.25) is 11.9 Å². The van der Waals surface area contributed by atoms with E-state index >= 15 is 0 Å². The molecule has 3 rings (SSSR count).